The molecule has 4 nitrogen and oxygen atoms in total. The number of rotatable bonds is 7. The Hall–Kier alpha value is -1.55. The Labute approximate surface area is 109 Å². The summed E-state index contributed by atoms with van der Waals surface area (Å²) in [6, 6.07) is 7.76. The molecule has 4 heteroatoms. The SMILES string of the molecule is CCNC(C)(CC(N)=O)c1ccc(OCC)cc1. The maximum atomic E-state index is 11.2. The molecule has 1 atom stereocenters. The summed E-state index contributed by atoms with van der Waals surface area (Å²) >= 11 is 0. The van der Waals surface area contributed by atoms with Crippen molar-refractivity contribution in [2.75, 3.05) is 13.2 Å². The molecule has 0 heterocycles. The van der Waals surface area contributed by atoms with E-state index in [0.717, 1.165) is 17.9 Å². The van der Waals surface area contributed by atoms with Gasteiger partial charge in [-0.05, 0) is 38.1 Å². The standard InChI is InChI=1S/C14H22N2O2/c1-4-16-14(3,10-13(15)17)11-6-8-12(9-7-11)18-5-2/h6-9,16H,4-5,10H2,1-3H3,(H2,15,17). The van der Waals surface area contributed by atoms with Gasteiger partial charge in [0.25, 0.3) is 0 Å². The zero-order valence-corrected chi connectivity index (χ0v) is 11.3. The molecule has 1 unspecified atom stereocenters. The van der Waals surface area contributed by atoms with E-state index in [9.17, 15) is 4.79 Å². The molecule has 0 aliphatic heterocycles. The van der Waals surface area contributed by atoms with Gasteiger partial charge >= 0.3 is 0 Å². The van der Waals surface area contributed by atoms with Gasteiger partial charge in [-0.2, -0.15) is 0 Å². The lowest BCUT2D eigenvalue weighted by atomic mass is 9.88. The van der Waals surface area contributed by atoms with E-state index in [1.807, 2.05) is 45.0 Å². The Morgan fingerprint density at radius 1 is 1.33 bits per heavy atom. The normalized spacial score (nSPS) is 13.9. The van der Waals surface area contributed by atoms with Crippen LogP contribution in [0.2, 0.25) is 0 Å². The van der Waals surface area contributed by atoms with Crippen LogP contribution in [-0.2, 0) is 10.3 Å². The van der Waals surface area contributed by atoms with E-state index in [4.69, 9.17) is 10.5 Å². The number of hydrogen-bond donors (Lipinski definition) is 2. The van der Waals surface area contributed by atoms with Gasteiger partial charge in [0.1, 0.15) is 5.75 Å². The monoisotopic (exact) mass is 250 g/mol. The first kappa shape index (κ1) is 14.5. The minimum Gasteiger partial charge on any atom is -0.494 e. The van der Waals surface area contributed by atoms with E-state index in [-0.39, 0.29) is 12.3 Å². The minimum absolute atomic E-state index is 0.273. The minimum atomic E-state index is -0.425. The molecule has 18 heavy (non-hydrogen) atoms. The van der Waals surface area contributed by atoms with Crippen LogP contribution in [0.25, 0.3) is 0 Å². The second-order valence-corrected chi connectivity index (χ2v) is 4.46. The quantitative estimate of drug-likeness (QED) is 0.775. The third-order valence-electron chi connectivity index (χ3n) is 2.90. The van der Waals surface area contributed by atoms with E-state index < -0.39 is 5.54 Å². The zero-order chi connectivity index (χ0) is 13.6. The largest absolute Gasteiger partial charge is 0.494 e. The summed E-state index contributed by atoms with van der Waals surface area (Å²) in [6.45, 7) is 7.36. The molecule has 1 aromatic carbocycles. The highest BCUT2D eigenvalue weighted by atomic mass is 16.5. The highest BCUT2D eigenvalue weighted by Gasteiger charge is 2.27. The van der Waals surface area contributed by atoms with E-state index >= 15 is 0 Å². The molecule has 100 valence electrons. The van der Waals surface area contributed by atoms with Crippen molar-refractivity contribution in [2.45, 2.75) is 32.7 Å². The zero-order valence-electron chi connectivity index (χ0n) is 11.3. The van der Waals surface area contributed by atoms with Crippen LogP contribution >= 0.6 is 0 Å². The van der Waals surface area contributed by atoms with Crippen LogP contribution in [0.1, 0.15) is 32.8 Å². The molecule has 0 aliphatic rings. The first-order chi connectivity index (χ1) is 8.51. The molecule has 0 fully saturated rings. The number of amides is 1. The molecule has 0 aromatic heterocycles. The molecule has 1 rings (SSSR count). The van der Waals surface area contributed by atoms with Gasteiger partial charge in [-0.15, -0.1) is 0 Å². The van der Waals surface area contributed by atoms with Gasteiger partial charge in [0.2, 0.25) is 5.91 Å². The highest BCUT2D eigenvalue weighted by Crippen LogP contribution is 2.26. The van der Waals surface area contributed by atoms with Crippen molar-refractivity contribution >= 4 is 5.91 Å². The maximum absolute atomic E-state index is 11.2. The third kappa shape index (κ3) is 3.74. The number of carbonyl (C=O) groups excluding carboxylic acids is 1. The van der Waals surface area contributed by atoms with Crippen LogP contribution in [-0.4, -0.2) is 19.1 Å². The van der Waals surface area contributed by atoms with E-state index in [1.165, 1.54) is 0 Å². The second kappa shape index (κ2) is 6.40. The number of nitrogens with two attached hydrogens (primary N) is 1. The lowest BCUT2D eigenvalue weighted by Gasteiger charge is -2.30. The van der Waals surface area contributed by atoms with Crippen molar-refractivity contribution in [3.63, 3.8) is 0 Å². The van der Waals surface area contributed by atoms with Crippen molar-refractivity contribution in [3.8, 4) is 5.75 Å². The number of hydrogen-bond acceptors (Lipinski definition) is 3. The summed E-state index contributed by atoms with van der Waals surface area (Å²) in [4.78, 5) is 11.2. The van der Waals surface area contributed by atoms with Crippen molar-refractivity contribution in [2.24, 2.45) is 5.73 Å². The van der Waals surface area contributed by atoms with Gasteiger partial charge in [-0.1, -0.05) is 19.1 Å². The second-order valence-electron chi connectivity index (χ2n) is 4.46. The Morgan fingerprint density at radius 3 is 2.39 bits per heavy atom. The summed E-state index contributed by atoms with van der Waals surface area (Å²) in [5.41, 5.74) is 5.93. The summed E-state index contributed by atoms with van der Waals surface area (Å²) in [5.74, 6) is 0.520. The molecule has 1 aromatic rings. The Balaban J connectivity index is 2.94. The van der Waals surface area contributed by atoms with Crippen LogP contribution in [0.3, 0.4) is 0 Å². The summed E-state index contributed by atoms with van der Waals surface area (Å²) in [6.07, 6.45) is 0.273. The van der Waals surface area contributed by atoms with Crippen LogP contribution in [0.5, 0.6) is 5.75 Å². The van der Waals surface area contributed by atoms with Gasteiger partial charge < -0.3 is 15.8 Å². The van der Waals surface area contributed by atoms with E-state index in [0.29, 0.717) is 6.61 Å². The predicted molar refractivity (Wildman–Crippen MR) is 72.5 cm³/mol. The highest BCUT2D eigenvalue weighted by molar-refractivity contribution is 5.75. The van der Waals surface area contributed by atoms with E-state index in [1.54, 1.807) is 0 Å². The van der Waals surface area contributed by atoms with Gasteiger partial charge in [0, 0.05) is 12.0 Å². The molecule has 1 amide bonds. The van der Waals surface area contributed by atoms with Gasteiger partial charge in [0.05, 0.1) is 6.61 Å². The molecule has 0 saturated heterocycles. The Kier molecular flexibility index (Phi) is 5.16. The fourth-order valence-corrected chi connectivity index (χ4v) is 2.09. The molecular formula is C14H22N2O2. The summed E-state index contributed by atoms with van der Waals surface area (Å²) < 4.78 is 5.40. The van der Waals surface area contributed by atoms with Crippen LogP contribution < -0.4 is 15.8 Å². The van der Waals surface area contributed by atoms with Gasteiger partial charge in [0.15, 0.2) is 0 Å². The number of nitrogens with one attached hydrogen (secondary N) is 1. The molecule has 0 spiro atoms. The number of benzene rings is 1. The molecule has 0 aliphatic carbocycles. The smallest absolute Gasteiger partial charge is 0.219 e. The number of ether oxygens (including phenoxy) is 1. The summed E-state index contributed by atoms with van der Waals surface area (Å²) in [7, 11) is 0. The van der Waals surface area contributed by atoms with Gasteiger partial charge in [-0.25, -0.2) is 0 Å². The Morgan fingerprint density at radius 2 is 1.94 bits per heavy atom. The predicted octanol–water partition coefficient (Wildman–Crippen LogP) is 1.79. The van der Waals surface area contributed by atoms with Crippen molar-refractivity contribution in [1.82, 2.24) is 5.32 Å². The number of primary amides is 1. The third-order valence-corrected chi connectivity index (χ3v) is 2.90. The molecule has 0 saturated carbocycles. The first-order valence-corrected chi connectivity index (χ1v) is 6.28. The van der Waals surface area contributed by atoms with Crippen molar-refractivity contribution in [1.29, 1.82) is 0 Å². The molecular weight excluding hydrogens is 228 g/mol. The van der Waals surface area contributed by atoms with Crippen LogP contribution in [0.15, 0.2) is 24.3 Å². The average Bonchev–Trinajstić information content (AvgIpc) is 2.29. The van der Waals surface area contributed by atoms with E-state index in [2.05, 4.69) is 5.32 Å². The van der Waals surface area contributed by atoms with Crippen molar-refractivity contribution < 1.29 is 9.53 Å². The van der Waals surface area contributed by atoms with Crippen LogP contribution in [0.4, 0.5) is 0 Å². The number of carbonyl (C=O) groups is 1. The Bertz CT molecular complexity index is 389. The molecule has 3 N–H and O–H groups in total. The van der Waals surface area contributed by atoms with Crippen LogP contribution in [0, 0.1) is 0 Å². The van der Waals surface area contributed by atoms with Gasteiger partial charge in [-0.3, -0.25) is 4.79 Å². The topological polar surface area (TPSA) is 64.3 Å². The first-order valence-electron chi connectivity index (χ1n) is 6.28. The van der Waals surface area contributed by atoms with Crippen molar-refractivity contribution in [3.05, 3.63) is 29.8 Å². The fourth-order valence-electron chi connectivity index (χ4n) is 2.09. The average molecular weight is 250 g/mol. The fraction of sp³-hybridized carbons (Fsp3) is 0.500. The molecule has 0 bridgehead atoms. The molecule has 0 radical (unpaired) electrons. The lowest BCUT2D eigenvalue weighted by Crippen LogP contribution is -2.42. The lowest BCUT2D eigenvalue weighted by molar-refractivity contribution is -0.119. The summed E-state index contributed by atoms with van der Waals surface area (Å²) in [5, 5.41) is 3.32. The maximum Gasteiger partial charge on any atom is 0.219 e.